The Morgan fingerprint density at radius 2 is 2.00 bits per heavy atom. The average Bonchev–Trinajstić information content (AvgIpc) is 2.52. The third kappa shape index (κ3) is 4.21. The zero-order valence-electron chi connectivity index (χ0n) is 13.7. The van der Waals surface area contributed by atoms with Crippen LogP contribution in [0.1, 0.15) is 30.1 Å². The van der Waals surface area contributed by atoms with E-state index in [2.05, 4.69) is 5.32 Å². The van der Waals surface area contributed by atoms with Gasteiger partial charge in [0, 0.05) is 39.8 Å². The van der Waals surface area contributed by atoms with Crippen molar-refractivity contribution >= 4 is 6.03 Å². The number of hydrogen-bond acceptors (Lipinski definition) is 3. The molecule has 1 aliphatic rings. The summed E-state index contributed by atoms with van der Waals surface area (Å²) in [5.41, 5.74) is 2.10. The number of amides is 2. The zero-order valence-corrected chi connectivity index (χ0v) is 13.7. The first-order valence-corrected chi connectivity index (χ1v) is 7.92. The lowest BCUT2D eigenvalue weighted by atomic mass is 10.0. The first-order valence-electron chi connectivity index (χ1n) is 7.92. The first-order chi connectivity index (χ1) is 10.5. The molecule has 0 spiro atoms. The van der Waals surface area contributed by atoms with Crippen LogP contribution < -0.4 is 5.32 Å². The third-order valence-corrected chi connectivity index (χ3v) is 4.30. The summed E-state index contributed by atoms with van der Waals surface area (Å²) in [4.78, 5) is 15.4. The fourth-order valence-corrected chi connectivity index (χ4v) is 2.91. The van der Waals surface area contributed by atoms with Crippen LogP contribution in [0.2, 0.25) is 0 Å². The Labute approximate surface area is 132 Å². The lowest BCUT2D eigenvalue weighted by molar-refractivity contribution is 0.140. The van der Waals surface area contributed by atoms with E-state index in [4.69, 9.17) is 0 Å². The van der Waals surface area contributed by atoms with Crippen LogP contribution in [0.3, 0.4) is 0 Å². The summed E-state index contributed by atoms with van der Waals surface area (Å²) in [7, 11) is 3.57. The van der Waals surface area contributed by atoms with Crippen LogP contribution in [-0.2, 0) is 0 Å². The normalized spacial score (nSPS) is 17.4. The number of benzene rings is 1. The van der Waals surface area contributed by atoms with Crippen LogP contribution in [0, 0.1) is 6.92 Å². The molecule has 5 heteroatoms. The lowest BCUT2D eigenvalue weighted by Crippen LogP contribution is -2.48. The summed E-state index contributed by atoms with van der Waals surface area (Å²) >= 11 is 0. The number of hydrogen-bond donors (Lipinski definition) is 2. The number of piperidine rings is 1. The van der Waals surface area contributed by atoms with Crippen molar-refractivity contribution in [2.45, 2.75) is 31.9 Å². The predicted molar refractivity (Wildman–Crippen MR) is 87.8 cm³/mol. The molecule has 0 radical (unpaired) electrons. The summed E-state index contributed by atoms with van der Waals surface area (Å²) in [5.74, 6) is 0. The van der Waals surface area contributed by atoms with Crippen LogP contribution >= 0.6 is 0 Å². The molecule has 0 aromatic heterocycles. The number of aliphatic hydroxyl groups excluding tert-OH is 1. The highest BCUT2D eigenvalue weighted by atomic mass is 16.3. The number of carbonyl (C=O) groups excluding carboxylic acids is 1. The van der Waals surface area contributed by atoms with E-state index in [-0.39, 0.29) is 6.03 Å². The Kier molecular flexibility index (Phi) is 5.80. The molecule has 1 heterocycles. The minimum atomic E-state index is -0.484. The maximum absolute atomic E-state index is 11.9. The maximum Gasteiger partial charge on any atom is 0.319 e. The van der Waals surface area contributed by atoms with Gasteiger partial charge < -0.3 is 20.2 Å². The minimum Gasteiger partial charge on any atom is -0.387 e. The van der Waals surface area contributed by atoms with Gasteiger partial charge in [-0.05, 0) is 30.9 Å². The zero-order chi connectivity index (χ0) is 16.1. The second-order valence-electron chi connectivity index (χ2n) is 6.22. The van der Waals surface area contributed by atoms with Gasteiger partial charge in [0.25, 0.3) is 0 Å². The van der Waals surface area contributed by atoms with Gasteiger partial charge in [0.1, 0.15) is 0 Å². The average molecular weight is 305 g/mol. The second-order valence-corrected chi connectivity index (χ2v) is 6.22. The number of carbonyl (C=O) groups is 1. The lowest BCUT2D eigenvalue weighted by Gasteiger charge is -2.34. The molecule has 1 aromatic carbocycles. The standard InChI is InChI=1S/C17H27N3O2/c1-13-6-4-5-7-15(13)16(21)12-18-14-8-10-20(11-9-14)17(22)19(2)3/h4-7,14,16,18,21H,8-12H2,1-3H3. The number of aryl methyl sites for hydroxylation is 1. The van der Waals surface area contributed by atoms with Gasteiger partial charge in [-0.25, -0.2) is 4.79 Å². The number of nitrogens with one attached hydrogen (secondary N) is 1. The van der Waals surface area contributed by atoms with Gasteiger partial charge in [0.05, 0.1) is 6.10 Å². The molecule has 22 heavy (non-hydrogen) atoms. The van der Waals surface area contributed by atoms with Gasteiger partial charge in [-0.2, -0.15) is 0 Å². The molecular formula is C17H27N3O2. The topological polar surface area (TPSA) is 55.8 Å². The van der Waals surface area contributed by atoms with Crippen molar-refractivity contribution in [2.24, 2.45) is 0 Å². The number of likely N-dealkylation sites (tertiary alicyclic amines) is 1. The first kappa shape index (κ1) is 16.8. The highest BCUT2D eigenvalue weighted by Crippen LogP contribution is 2.18. The molecule has 1 aromatic rings. The molecule has 5 nitrogen and oxygen atoms in total. The molecule has 2 rings (SSSR count). The van der Waals surface area contributed by atoms with Crippen LogP contribution in [0.15, 0.2) is 24.3 Å². The summed E-state index contributed by atoms with van der Waals surface area (Å²) in [6, 6.07) is 8.38. The van der Waals surface area contributed by atoms with Crippen molar-refractivity contribution in [3.63, 3.8) is 0 Å². The Hall–Kier alpha value is -1.59. The summed E-state index contributed by atoms with van der Waals surface area (Å²) in [6.45, 7) is 4.12. The van der Waals surface area contributed by atoms with Crippen LogP contribution in [0.5, 0.6) is 0 Å². The van der Waals surface area contributed by atoms with E-state index in [0.717, 1.165) is 37.1 Å². The van der Waals surface area contributed by atoms with Crippen molar-refractivity contribution in [2.75, 3.05) is 33.7 Å². The Morgan fingerprint density at radius 3 is 2.59 bits per heavy atom. The van der Waals surface area contributed by atoms with Gasteiger partial charge in [0.15, 0.2) is 0 Å². The molecule has 0 bridgehead atoms. The van der Waals surface area contributed by atoms with E-state index in [9.17, 15) is 9.90 Å². The van der Waals surface area contributed by atoms with E-state index in [1.54, 1.807) is 19.0 Å². The van der Waals surface area contributed by atoms with Crippen LogP contribution in [0.4, 0.5) is 4.79 Å². The molecule has 122 valence electrons. The van der Waals surface area contributed by atoms with Crippen LogP contribution in [-0.4, -0.2) is 60.7 Å². The van der Waals surface area contributed by atoms with E-state index in [0.29, 0.717) is 12.6 Å². The van der Waals surface area contributed by atoms with E-state index < -0.39 is 6.10 Å². The molecule has 1 saturated heterocycles. The highest BCUT2D eigenvalue weighted by Gasteiger charge is 2.24. The van der Waals surface area contributed by atoms with Gasteiger partial charge in [0.2, 0.25) is 0 Å². The largest absolute Gasteiger partial charge is 0.387 e. The Balaban J connectivity index is 1.77. The third-order valence-electron chi connectivity index (χ3n) is 4.30. The Bertz CT molecular complexity index is 496. The minimum absolute atomic E-state index is 0.0818. The second kappa shape index (κ2) is 7.61. The van der Waals surface area contributed by atoms with Gasteiger partial charge in [-0.15, -0.1) is 0 Å². The van der Waals surface area contributed by atoms with Crippen molar-refractivity contribution in [1.82, 2.24) is 15.1 Å². The van der Waals surface area contributed by atoms with E-state index in [1.165, 1.54) is 0 Å². The fraction of sp³-hybridized carbons (Fsp3) is 0.588. The molecule has 0 aliphatic carbocycles. The predicted octanol–water partition coefficient (Wildman–Crippen LogP) is 1.76. The highest BCUT2D eigenvalue weighted by molar-refractivity contribution is 5.73. The molecule has 2 N–H and O–H groups in total. The molecular weight excluding hydrogens is 278 g/mol. The molecule has 2 amide bonds. The van der Waals surface area contributed by atoms with Crippen molar-refractivity contribution < 1.29 is 9.90 Å². The number of nitrogens with zero attached hydrogens (tertiary/aromatic N) is 2. The quantitative estimate of drug-likeness (QED) is 0.891. The molecule has 1 unspecified atom stereocenters. The summed E-state index contributed by atoms with van der Waals surface area (Å²) in [6.07, 6.45) is 1.38. The van der Waals surface area contributed by atoms with Crippen LogP contribution in [0.25, 0.3) is 0 Å². The smallest absolute Gasteiger partial charge is 0.319 e. The fourth-order valence-electron chi connectivity index (χ4n) is 2.91. The molecule has 1 atom stereocenters. The van der Waals surface area contributed by atoms with Gasteiger partial charge >= 0.3 is 6.03 Å². The number of rotatable bonds is 4. The summed E-state index contributed by atoms with van der Waals surface area (Å²) < 4.78 is 0. The van der Waals surface area contributed by atoms with Gasteiger partial charge in [-0.3, -0.25) is 0 Å². The Morgan fingerprint density at radius 1 is 1.36 bits per heavy atom. The number of urea groups is 1. The molecule has 1 fully saturated rings. The van der Waals surface area contributed by atoms with Gasteiger partial charge in [-0.1, -0.05) is 24.3 Å². The van der Waals surface area contributed by atoms with Crippen molar-refractivity contribution in [1.29, 1.82) is 0 Å². The maximum atomic E-state index is 11.9. The molecule has 1 aliphatic heterocycles. The van der Waals surface area contributed by atoms with E-state index >= 15 is 0 Å². The molecule has 0 saturated carbocycles. The van der Waals surface area contributed by atoms with E-state index in [1.807, 2.05) is 36.1 Å². The monoisotopic (exact) mass is 305 g/mol. The van der Waals surface area contributed by atoms with Crippen molar-refractivity contribution in [3.05, 3.63) is 35.4 Å². The summed E-state index contributed by atoms with van der Waals surface area (Å²) in [5, 5.41) is 13.7. The van der Waals surface area contributed by atoms with Crippen molar-refractivity contribution in [3.8, 4) is 0 Å². The number of aliphatic hydroxyl groups is 1. The SMILES string of the molecule is Cc1ccccc1C(O)CNC1CCN(C(=O)N(C)C)CC1.